The second-order valence-corrected chi connectivity index (χ2v) is 17.6. The Morgan fingerprint density at radius 2 is 1.15 bits per heavy atom. The molecule has 0 fully saturated rings. The first-order valence-corrected chi connectivity index (χ1v) is 22.4. The van der Waals surface area contributed by atoms with Crippen LogP contribution in [0.3, 0.4) is 0 Å². The third-order valence-electron chi connectivity index (χ3n) is 12.9. The van der Waals surface area contributed by atoms with Gasteiger partial charge in [-0.3, -0.25) is 0 Å². The van der Waals surface area contributed by atoms with Gasteiger partial charge < -0.3 is 0 Å². The molecule has 0 saturated heterocycles. The van der Waals surface area contributed by atoms with E-state index in [-0.39, 0.29) is 11.8 Å². The summed E-state index contributed by atoms with van der Waals surface area (Å²) in [5, 5.41) is 2.69. The molecule has 0 spiro atoms. The quantitative estimate of drug-likeness (QED) is 0.136. The first-order valence-electron chi connectivity index (χ1n) is 21.6. The number of fused-ring (bicyclic) bond motifs is 6. The lowest BCUT2D eigenvalue weighted by molar-refractivity contribution is 0.708. The molecule has 1 aliphatic carbocycles. The van der Waals surface area contributed by atoms with Gasteiger partial charge in [0, 0.05) is 37.6 Å². The largest absolute Gasteiger partial charge is 0.135 e. The Morgan fingerprint density at radius 1 is 0.492 bits per heavy atom. The second-order valence-electron chi connectivity index (χ2n) is 16.5. The first kappa shape index (κ1) is 37.1. The number of hydrogen-bond acceptors (Lipinski definition) is 1. The molecule has 290 valence electrons. The SMILES string of the molecule is c1cccc(C2CCc3ccccc3-c3ccc(CCC(c4ccc(-c5cc(-c6ccccc6)cc(-c6ccccc6)c5)cc4)c4ccc5c(c4)sc4ccccc45)cc32)c#1. The van der Waals surface area contributed by atoms with Crippen LogP contribution in [0.15, 0.2) is 206 Å². The van der Waals surface area contributed by atoms with Crippen molar-refractivity contribution >= 4 is 31.5 Å². The summed E-state index contributed by atoms with van der Waals surface area (Å²) in [6, 6.07) is 83.3. The van der Waals surface area contributed by atoms with Gasteiger partial charge in [-0.15, -0.1) is 11.3 Å². The van der Waals surface area contributed by atoms with Crippen LogP contribution in [0.1, 0.15) is 58.1 Å². The normalized spacial score (nSPS) is 13.9. The summed E-state index contributed by atoms with van der Waals surface area (Å²) in [7, 11) is 0. The van der Waals surface area contributed by atoms with E-state index in [0.717, 1.165) is 25.7 Å². The zero-order valence-corrected chi connectivity index (χ0v) is 34.8. The summed E-state index contributed by atoms with van der Waals surface area (Å²) in [6.45, 7) is 0. The molecule has 10 aromatic rings. The van der Waals surface area contributed by atoms with Crippen LogP contribution in [0.5, 0.6) is 0 Å². The van der Waals surface area contributed by atoms with Crippen LogP contribution in [-0.2, 0) is 12.8 Å². The molecule has 0 radical (unpaired) electrons. The van der Waals surface area contributed by atoms with E-state index in [0.29, 0.717) is 0 Å². The van der Waals surface area contributed by atoms with E-state index < -0.39 is 0 Å². The molecule has 1 aromatic heterocycles. The number of benzene rings is 8. The molecule has 0 nitrogen and oxygen atoms in total. The van der Waals surface area contributed by atoms with Crippen molar-refractivity contribution in [1.82, 2.24) is 0 Å². The average molecular weight is 797 g/mol. The van der Waals surface area contributed by atoms with E-state index in [1.54, 1.807) is 0 Å². The highest BCUT2D eigenvalue weighted by Gasteiger charge is 2.25. The van der Waals surface area contributed by atoms with Gasteiger partial charge in [-0.05, 0) is 140 Å². The molecule has 61 heavy (non-hydrogen) atoms. The van der Waals surface area contributed by atoms with Crippen molar-refractivity contribution in [1.29, 1.82) is 0 Å². The Bertz CT molecular complexity index is 3060. The fourth-order valence-corrected chi connectivity index (χ4v) is 10.9. The lowest BCUT2D eigenvalue weighted by atomic mass is 9.83. The summed E-state index contributed by atoms with van der Waals surface area (Å²) in [6.07, 6.45) is 4.09. The number of aryl methyl sites for hydroxylation is 2. The average Bonchev–Trinajstić information content (AvgIpc) is 3.62. The first-order chi connectivity index (χ1) is 30.2. The van der Waals surface area contributed by atoms with Crippen LogP contribution < -0.4 is 0 Å². The highest BCUT2D eigenvalue weighted by Crippen LogP contribution is 2.43. The second kappa shape index (κ2) is 16.2. The molecule has 9 aromatic carbocycles. The van der Waals surface area contributed by atoms with Gasteiger partial charge in [0.15, 0.2) is 0 Å². The Kier molecular flexibility index (Phi) is 9.86. The number of rotatable bonds is 9. The van der Waals surface area contributed by atoms with Gasteiger partial charge in [0.2, 0.25) is 0 Å². The predicted molar refractivity (Wildman–Crippen MR) is 258 cm³/mol. The minimum absolute atomic E-state index is 0.228. The summed E-state index contributed by atoms with van der Waals surface area (Å²) >= 11 is 1.91. The van der Waals surface area contributed by atoms with Crippen molar-refractivity contribution in [3.63, 3.8) is 0 Å². The van der Waals surface area contributed by atoms with Gasteiger partial charge in [0.1, 0.15) is 0 Å². The lowest BCUT2D eigenvalue weighted by Crippen LogP contribution is -2.05. The zero-order chi connectivity index (χ0) is 40.5. The lowest BCUT2D eigenvalue weighted by Gasteiger charge is -2.21. The highest BCUT2D eigenvalue weighted by atomic mass is 32.1. The molecule has 2 atom stereocenters. The monoisotopic (exact) mass is 796 g/mol. The van der Waals surface area contributed by atoms with E-state index in [1.807, 2.05) is 17.4 Å². The molecule has 1 aliphatic rings. The maximum atomic E-state index is 3.49. The van der Waals surface area contributed by atoms with Gasteiger partial charge in [0.25, 0.3) is 0 Å². The van der Waals surface area contributed by atoms with Gasteiger partial charge in [-0.2, -0.15) is 0 Å². The van der Waals surface area contributed by atoms with E-state index in [4.69, 9.17) is 0 Å². The zero-order valence-electron chi connectivity index (χ0n) is 34.0. The maximum Gasteiger partial charge on any atom is 0.0358 e. The molecule has 2 unspecified atom stereocenters. The van der Waals surface area contributed by atoms with Crippen molar-refractivity contribution in [3.8, 4) is 44.5 Å². The Morgan fingerprint density at radius 3 is 1.89 bits per heavy atom. The fourth-order valence-electron chi connectivity index (χ4n) is 9.74. The molecule has 0 amide bonds. The van der Waals surface area contributed by atoms with Crippen LogP contribution in [0.25, 0.3) is 64.7 Å². The van der Waals surface area contributed by atoms with Crippen LogP contribution in [0.4, 0.5) is 0 Å². The summed E-state index contributed by atoms with van der Waals surface area (Å²) < 4.78 is 2.70. The molecule has 1 heteroatoms. The van der Waals surface area contributed by atoms with Crippen molar-refractivity contribution in [2.24, 2.45) is 0 Å². The highest BCUT2D eigenvalue weighted by molar-refractivity contribution is 7.25. The minimum atomic E-state index is 0.228. The van der Waals surface area contributed by atoms with Crippen molar-refractivity contribution in [2.45, 2.75) is 37.5 Å². The van der Waals surface area contributed by atoms with Crippen LogP contribution in [-0.4, -0.2) is 0 Å². The van der Waals surface area contributed by atoms with Gasteiger partial charge in [0.05, 0.1) is 0 Å². The minimum Gasteiger partial charge on any atom is -0.135 e. The molecule has 0 bridgehead atoms. The van der Waals surface area contributed by atoms with Crippen molar-refractivity contribution in [2.75, 3.05) is 0 Å². The van der Waals surface area contributed by atoms with Gasteiger partial charge >= 0.3 is 0 Å². The van der Waals surface area contributed by atoms with Crippen LogP contribution in [0.2, 0.25) is 0 Å². The van der Waals surface area contributed by atoms with Gasteiger partial charge in [-0.1, -0.05) is 176 Å². The maximum absolute atomic E-state index is 3.49. The molecular formula is C60H44S. The smallest absolute Gasteiger partial charge is 0.0358 e. The Hall–Kier alpha value is -6.98. The van der Waals surface area contributed by atoms with E-state index in [2.05, 4.69) is 212 Å². The Balaban J connectivity index is 0.973. The standard InChI is InChI=1S/C60H44S/c1-4-14-42(15-5-1)49-37-50(43-16-6-2-7-17-43)39-51(38-49)44-26-28-47(29-27-44)52(48-31-35-57-56-22-12-13-23-59(56)61-60(57)40-48)32-24-41-25-33-55-53-21-11-10-20-46(53)30-34-54(58(55)36-41)45-18-8-3-9-19-45/h1-8,10-18,20-23,25-29,31,33,35-40,52,54H,24,30,32,34H2. The third-order valence-corrected chi connectivity index (χ3v) is 14.0. The van der Waals surface area contributed by atoms with Gasteiger partial charge in [-0.25, -0.2) is 0 Å². The Labute approximate surface area is 363 Å². The van der Waals surface area contributed by atoms with Crippen molar-refractivity contribution < 1.29 is 0 Å². The number of hydrogen-bond donors (Lipinski definition) is 0. The molecule has 0 saturated carbocycles. The van der Waals surface area contributed by atoms with Crippen LogP contribution in [0, 0.1) is 12.1 Å². The van der Waals surface area contributed by atoms with Crippen LogP contribution >= 0.6 is 11.3 Å². The molecule has 1 heterocycles. The van der Waals surface area contributed by atoms with Crippen molar-refractivity contribution in [3.05, 3.63) is 252 Å². The molecule has 0 aliphatic heterocycles. The van der Waals surface area contributed by atoms with E-state index in [9.17, 15) is 0 Å². The number of thiophene rings is 1. The fraction of sp³-hybridized carbons (Fsp3) is 0.100. The molecule has 11 rings (SSSR count). The predicted octanol–water partition coefficient (Wildman–Crippen LogP) is 16.2. The third kappa shape index (κ3) is 7.35. The van der Waals surface area contributed by atoms with E-state index in [1.165, 1.54) is 98.1 Å². The summed E-state index contributed by atoms with van der Waals surface area (Å²) in [5.41, 5.74) is 18.3. The summed E-state index contributed by atoms with van der Waals surface area (Å²) in [4.78, 5) is 0. The molecule has 0 N–H and O–H groups in total. The molecular weight excluding hydrogens is 753 g/mol. The topological polar surface area (TPSA) is 0 Å². The van der Waals surface area contributed by atoms with E-state index >= 15 is 0 Å². The summed E-state index contributed by atoms with van der Waals surface area (Å²) in [5.74, 6) is 0.507.